The maximum Gasteiger partial charge on any atom is 0.267 e. The van der Waals surface area contributed by atoms with Gasteiger partial charge in [0, 0.05) is 25.8 Å². The first-order valence-corrected chi connectivity index (χ1v) is 11.2. The zero-order valence-corrected chi connectivity index (χ0v) is 18.7. The third-order valence-electron chi connectivity index (χ3n) is 5.38. The van der Waals surface area contributed by atoms with Gasteiger partial charge in [0.15, 0.2) is 0 Å². The molecule has 156 valence electrons. The van der Waals surface area contributed by atoms with Crippen molar-refractivity contribution in [3.63, 3.8) is 0 Å². The Kier molecular flexibility index (Phi) is 5.79. The quantitative estimate of drug-likeness (QED) is 0.412. The maximum atomic E-state index is 13.4. The van der Waals surface area contributed by atoms with Gasteiger partial charge in [-0.2, -0.15) is 0 Å². The molecule has 4 heterocycles. The molecular weight excluding hydrogens is 416 g/mol. The molecule has 2 saturated heterocycles. The first kappa shape index (κ1) is 20.8. The van der Waals surface area contributed by atoms with Crippen molar-refractivity contribution in [2.75, 3.05) is 24.5 Å². The number of nitrogens with zero attached hydrogens (tertiary/aromatic N) is 4. The van der Waals surface area contributed by atoms with Gasteiger partial charge in [-0.25, -0.2) is 4.98 Å². The molecule has 2 aromatic heterocycles. The normalized spacial score (nSPS) is 23.6. The number of amides is 1. The number of pyridine rings is 1. The molecule has 2 aromatic rings. The molecule has 0 radical (unpaired) electrons. The van der Waals surface area contributed by atoms with E-state index in [9.17, 15) is 9.59 Å². The van der Waals surface area contributed by atoms with Gasteiger partial charge in [0.2, 0.25) is 0 Å². The highest BCUT2D eigenvalue weighted by atomic mass is 32.2. The monoisotopic (exact) mass is 440 g/mol. The number of fused-ring (bicyclic) bond motifs is 1. The predicted octanol–water partition coefficient (Wildman–Crippen LogP) is 3.56. The van der Waals surface area contributed by atoms with E-state index < -0.39 is 0 Å². The standard InChI is InChI=1S/C22H24N4O2S2/c1-4-8-26-21(28)17(30-22(26)29)11-16-19(24-12-14(2)10-15(3)13-24)23-18-7-5-6-9-25(18)20(16)27/h4-7,9,11,14-15H,1,8,10,12-13H2,2-3H3/b17-11+/t14-,15-/m0/s1. The van der Waals surface area contributed by atoms with E-state index in [1.165, 1.54) is 21.1 Å². The number of thioether (sulfide) groups is 1. The first-order chi connectivity index (χ1) is 14.4. The number of aromatic nitrogens is 2. The van der Waals surface area contributed by atoms with Crippen molar-refractivity contribution in [2.45, 2.75) is 20.3 Å². The Balaban J connectivity index is 1.87. The van der Waals surface area contributed by atoms with Crippen molar-refractivity contribution in [3.8, 4) is 0 Å². The molecule has 0 unspecified atom stereocenters. The fourth-order valence-electron chi connectivity index (χ4n) is 4.21. The smallest absolute Gasteiger partial charge is 0.267 e. The highest BCUT2D eigenvalue weighted by Gasteiger charge is 2.32. The third-order valence-corrected chi connectivity index (χ3v) is 6.76. The lowest BCUT2D eigenvalue weighted by atomic mass is 9.91. The van der Waals surface area contributed by atoms with Gasteiger partial charge in [-0.1, -0.05) is 50.0 Å². The minimum atomic E-state index is -0.200. The molecule has 30 heavy (non-hydrogen) atoms. The number of hydrogen-bond acceptors (Lipinski definition) is 6. The zero-order chi connectivity index (χ0) is 21.4. The molecule has 0 spiro atoms. The Labute approximate surface area is 185 Å². The van der Waals surface area contributed by atoms with E-state index in [1.807, 2.05) is 12.1 Å². The fourth-order valence-corrected chi connectivity index (χ4v) is 5.47. The lowest BCUT2D eigenvalue weighted by Crippen LogP contribution is -2.40. The van der Waals surface area contributed by atoms with E-state index >= 15 is 0 Å². The minimum absolute atomic E-state index is 0.185. The predicted molar refractivity (Wildman–Crippen MR) is 127 cm³/mol. The molecule has 0 bridgehead atoms. The summed E-state index contributed by atoms with van der Waals surface area (Å²) >= 11 is 6.56. The van der Waals surface area contributed by atoms with Crippen LogP contribution in [0.5, 0.6) is 0 Å². The van der Waals surface area contributed by atoms with Crippen LogP contribution >= 0.6 is 24.0 Å². The summed E-state index contributed by atoms with van der Waals surface area (Å²) in [6.45, 7) is 10.1. The number of piperidine rings is 1. The summed E-state index contributed by atoms with van der Waals surface area (Å²) in [7, 11) is 0. The van der Waals surface area contributed by atoms with Crippen LogP contribution in [0, 0.1) is 11.8 Å². The Morgan fingerprint density at radius 3 is 2.70 bits per heavy atom. The summed E-state index contributed by atoms with van der Waals surface area (Å²) in [5, 5.41) is 0. The van der Waals surface area contributed by atoms with E-state index in [1.54, 1.807) is 24.4 Å². The lowest BCUT2D eigenvalue weighted by molar-refractivity contribution is -0.121. The summed E-state index contributed by atoms with van der Waals surface area (Å²) in [6.07, 6.45) is 6.16. The SMILES string of the molecule is C=CCN1C(=O)/C(=C\c2c(N3C[C@@H](C)C[C@H](C)C3)nc3ccccn3c2=O)SC1=S. The Morgan fingerprint density at radius 1 is 1.27 bits per heavy atom. The molecule has 0 saturated carbocycles. The van der Waals surface area contributed by atoms with Gasteiger partial charge in [-0.15, -0.1) is 6.58 Å². The van der Waals surface area contributed by atoms with Gasteiger partial charge in [-0.05, 0) is 36.5 Å². The Hall–Kier alpha value is -2.45. The fraction of sp³-hybridized carbons (Fsp3) is 0.364. The molecular formula is C22H24N4O2S2. The molecule has 1 amide bonds. The van der Waals surface area contributed by atoms with Crippen molar-refractivity contribution in [1.29, 1.82) is 0 Å². The topological polar surface area (TPSA) is 57.9 Å². The van der Waals surface area contributed by atoms with Gasteiger partial charge in [0.25, 0.3) is 11.5 Å². The summed E-state index contributed by atoms with van der Waals surface area (Å²) in [5.41, 5.74) is 0.842. The van der Waals surface area contributed by atoms with Crippen molar-refractivity contribution >= 4 is 51.7 Å². The van der Waals surface area contributed by atoms with Gasteiger partial charge < -0.3 is 4.90 Å². The average Bonchev–Trinajstić information content (AvgIpc) is 2.97. The molecule has 2 atom stereocenters. The van der Waals surface area contributed by atoms with Gasteiger partial charge in [0.05, 0.1) is 10.5 Å². The van der Waals surface area contributed by atoms with Crippen LogP contribution in [0.15, 0.2) is 46.8 Å². The first-order valence-electron chi connectivity index (χ1n) is 10.0. The van der Waals surface area contributed by atoms with E-state index in [0.29, 0.717) is 44.6 Å². The van der Waals surface area contributed by atoms with Gasteiger partial charge in [-0.3, -0.25) is 18.9 Å². The number of hydrogen-bond donors (Lipinski definition) is 0. The van der Waals surface area contributed by atoms with Crippen molar-refractivity contribution in [2.24, 2.45) is 11.8 Å². The number of carbonyl (C=O) groups is 1. The van der Waals surface area contributed by atoms with Crippen LogP contribution in [0.1, 0.15) is 25.8 Å². The largest absolute Gasteiger partial charge is 0.355 e. The summed E-state index contributed by atoms with van der Waals surface area (Å²) < 4.78 is 2.00. The summed E-state index contributed by atoms with van der Waals surface area (Å²) in [6, 6.07) is 5.50. The highest BCUT2D eigenvalue weighted by Crippen LogP contribution is 2.34. The third kappa shape index (κ3) is 3.81. The average molecular weight is 441 g/mol. The lowest BCUT2D eigenvalue weighted by Gasteiger charge is -2.36. The summed E-state index contributed by atoms with van der Waals surface area (Å²) in [4.78, 5) is 35.2. The second kappa shape index (κ2) is 8.35. The molecule has 2 fully saturated rings. The van der Waals surface area contributed by atoms with Crippen LogP contribution in [0.3, 0.4) is 0 Å². The molecule has 2 aliphatic heterocycles. The highest BCUT2D eigenvalue weighted by molar-refractivity contribution is 8.26. The van der Waals surface area contributed by atoms with Crippen LogP contribution in [0.4, 0.5) is 5.82 Å². The van der Waals surface area contributed by atoms with Crippen LogP contribution in [0.25, 0.3) is 11.7 Å². The van der Waals surface area contributed by atoms with Crippen molar-refractivity contribution < 1.29 is 4.79 Å². The van der Waals surface area contributed by atoms with E-state index in [0.717, 1.165) is 19.5 Å². The number of thiocarbonyl (C=S) groups is 1. The summed E-state index contributed by atoms with van der Waals surface area (Å²) in [5.74, 6) is 1.44. The number of rotatable bonds is 4. The Bertz CT molecular complexity index is 1110. The molecule has 0 aromatic carbocycles. The molecule has 6 nitrogen and oxygen atoms in total. The second-order valence-corrected chi connectivity index (χ2v) is 9.69. The van der Waals surface area contributed by atoms with Crippen LogP contribution in [-0.4, -0.2) is 44.1 Å². The van der Waals surface area contributed by atoms with Crippen LogP contribution < -0.4 is 10.5 Å². The number of carbonyl (C=O) groups excluding carboxylic acids is 1. The zero-order valence-electron chi connectivity index (χ0n) is 17.1. The molecule has 0 aliphatic carbocycles. The van der Waals surface area contributed by atoms with E-state index in [4.69, 9.17) is 17.2 Å². The minimum Gasteiger partial charge on any atom is -0.355 e. The van der Waals surface area contributed by atoms with Gasteiger partial charge in [0.1, 0.15) is 15.8 Å². The van der Waals surface area contributed by atoms with E-state index in [2.05, 4.69) is 25.3 Å². The Morgan fingerprint density at radius 2 is 2.00 bits per heavy atom. The van der Waals surface area contributed by atoms with Crippen LogP contribution in [-0.2, 0) is 4.79 Å². The second-order valence-electron chi connectivity index (χ2n) is 8.02. The van der Waals surface area contributed by atoms with E-state index in [-0.39, 0.29) is 11.5 Å². The maximum absolute atomic E-state index is 13.4. The molecule has 2 aliphatic rings. The number of anilines is 1. The molecule has 0 N–H and O–H groups in total. The van der Waals surface area contributed by atoms with Gasteiger partial charge >= 0.3 is 0 Å². The van der Waals surface area contributed by atoms with Crippen LogP contribution in [0.2, 0.25) is 0 Å². The molecule has 8 heteroatoms. The molecule has 4 rings (SSSR count). The van der Waals surface area contributed by atoms with Crippen molar-refractivity contribution in [3.05, 3.63) is 57.9 Å². The van der Waals surface area contributed by atoms with Crippen molar-refractivity contribution in [1.82, 2.24) is 14.3 Å².